The Balaban J connectivity index is 2.88. The third-order valence-electron chi connectivity index (χ3n) is 1.73. The highest BCUT2D eigenvalue weighted by Crippen LogP contribution is 2.13. The van der Waals surface area contributed by atoms with Gasteiger partial charge in [0, 0.05) is 6.07 Å². The van der Waals surface area contributed by atoms with Crippen LogP contribution >= 0.6 is 11.6 Å². The van der Waals surface area contributed by atoms with Crippen LogP contribution in [0.15, 0.2) is 12.3 Å². The fourth-order valence-corrected chi connectivity index (χ4v) is 1.45. The van der Waals surface area contributed by atoms with Crippen molar-refractivity contribution in [3.05, 3.63) is 28.8 Å². The minimum absolute atomic E-state index is 0.505. The largest absolute Gasteiger partial charge is 0.255 e. The molecule has 0 bridgehead atoms. The van der Waals surface area contributed by atoms with Crippen molar-refractivity contribution in [3.8, 4) is 0 Å². The summed E-state index contributed by atoms with van der Waals surface area (Å²) in [6.45, 7) is 3.88. The third kappa shape index (κ3) is 1.06. The van der Waals surface area contributed by atoms with Crippen LogP contribution in [-0.4, -0.2) is 14.6 Å². The zero-order valence-corrected chi connectivity index (χ0v) is 7.63. The van der Waals surface area contributed by atoms with Gasteiger partial charge >= 0.3 is 0 Å². The first-order chi connectivity index (χ1) is 5.66. The second-order valence-electron chi connectivity index (χ2n) is 2.76. The van der Waals surface area contributed by atoms with E-state index in [0.29, 0.717) is 5.15 Å². The Morgan fingerprint density at radius 1 is 1.42 bits per heavy atom. The van der Waals surface area contributed by atoms with Gasteiger partial charge in [-0.15, -0.1) is 0 Å². The Labute approximate surface area is 75.0 Å². The fraction of sp³-hybridized carbons (Fsp3) is 0.250. The molecule has 4 heteroatoms. The molecule has 0 fully saturated rings. The van der Waals surface area contributed by atoms with Crippen molar-refractivity contribution in [3.63, 3.8) is 0 Å². The van der Waals surface area contributed by atoms with Gasteiger partial charge in [0.25, 0.3) is 0 Å². The molecule has 0 N–H and O–H groups in total. The maximum atomic E-state index is 5.75. The Bertz CT molecular complexity index is 433. The molecule has 0 radical (unpaired) electrons. The second kappa shape index (κ2) is 2.45. The molecule has 0 spiro atoms. The number of nitrogens with zero attached hydrogens (tertiary/aromatic N) is 3. The number of rotatable bonds is 0. The zero-order chi connectivity index (χ0) is 8.72. The predicted octanol–water partition coefficient (Wildman–Crippen LogP) is 2.00. The van der Waals surface area contributed by atoms with Gasteiger partial charge in [-0.2, -0.15) is 5.10 Å². The Hall–Kier alpha value is -1.09. The van der Waals surface area contributed by atoms with Crippen LogP contribution in [0, 0.1) is 13.8 Å². The summed E-state index contributed by atoms with van der Waals surface area (Å²) in [5, 5.41) is 4.58. The van der Waals surface area contributed by atoms with Gasteiger partial charge in [0.2, 0.25) is 0 Å². The van der Waals surface area contributed by atoms with Crippen LogP contribution in [0.2, 0.25) is 5.15 Å². The van der Waals surface area contributed by atoms with E-state index in [1.54, 1.807) is 4.52 Å². The molecule has 0 aliphatic heterocycles. The number of halogens is 1. The molecule has 3 nitrogen and oxygen atoms in total. The van der Waals surface area contributed by atoms with E-state index >= 15 is 0 Å². The highest BCUT2D eigenvalue weighted by molar-refractivity contribution is 6.29. The lowest BCUT2D eigenvalue weighted by molar-refractivity contribution is 0.915. The molecule has 0 aliphatic rings. The topological polar surface area (TPSA) is 30.2 Å². The van der Waals surface area contributed by atoms with Gasteiger partial charge in [0.05, 0.1) is 23.1 Å². The van der Waals surface area contributed by atoms with E-state index in [0.717, 1.165) is 16.9 Å². The molecule has 0 saturated carbocycles. The molecular weight excluding hydrogens is 174 g/mol. The third-order valence-corrected chi connectivity index (χ3v) is 1.91. The molecule has 0 aromatic carbocycles. The van der Waals surface area contributed by atoms with Crippen molar-refractivity contribution >= 4 is 17.1 Å². The number of hydrogen-bond donors (Lipinski definition) is 0. The van der Waals surface area contributed by atoms with Crippen LogP contribution in [0.5, 0.6) is 0 Å². The van der Waals surface area contributed by atoms with Crippen molar-refractivity contribution in [1.29, 1.82) is 0 Å². The van der Waals surface area contributed by atoms with Crippen LogP contribution in [0.1, 0.15) is 11.4 Å². The van der Waals surface area contributed by atoms with Gasteiger partial charge in [-0.3, -0.25) is 4.98 Å². The van der Waals surface area contributed by atoms with E-state index in [1.807, 2.05) is 26.1 Å². The standard InChI is InChI=1S/C8H8ClN3/c1-5-4-12-7(6(2)10-5)3-8(9)11-12/h3-4H,1-2H3. The van der Waals surface area contributed by atoms with Gasteiger partial charge < -0.3 is 0 Å². The van der Waals surface area contributed by atoms with Gasteiger partial charge in [-0.05, 0) is 13.8 Å². The summed E-state index contributed by atoms with van der Waals surface area (Å²) < 4.78 is 1.75. The van der Waals surface area contributed by atoms with E-state index in [1.165, 1.54) is 0 Å². The lowest BCUT2D eigenvalue weighted by atomic mass is 10.3. The van der Waals surface area contributed by atoms with Crippen molar-refractivity contribution in [2.45, 2.75) is 13.8 Å². The maximum absolute atomic E-state index is 5.75. The molecule has 0 unspecified atom stereocenters. The quantitative estimate of drug-likeness (QED) is 0.622. The number of hydrogen-bond acceptors (Lipinski definition) is 2. The van der Waals surface area contributed by atoms with Crippen LogP contribution in [0.25, 0.3) is 5.52 Å². The highest BCUT2D eigenvalue weighted by Gasteiger charge is 2.02. The summed E-state index contributed by atoms with van der Waals surface area (Å²) in [6.07, 6.45) is 1.86. The Kier molecular flexibility index (Phi) is 1.54. The number of aryl methyl sites for hydroxylation is 2. The van der Waals surface area contributed by atoms with Crippen LogP contribution < -0.4 is 0 Å². The van der Waals surface area contributed by atoms with Gasteiger partial charge in [0.1, 0.15) is 0 Å². The lowest BCUT2D eigenvalue weighted by Crippen LogP contribution is -1.94. The molecule has 0 amide bonds. The lowest BCUT2D eigenvalue weighted by Gasteiger charge is -1.97. The Morgan fingerprint density at radius 2 is 2.17 bits per heavy atom. The second-order valence-corrected chi connectivity index (χ2v) is 3.15. The van der Waals surface area contributed by atoms with Crippen molar-refractivity contribution in [2.24, 2.45) is 0 Å². The van der Waals surface area contributed by atoms with E-state index in [4.69, 9.17) is 11.6 Å². The van der Waals surface area contributed by atoms with Crippen LogP contribution in [0.4, 0.5) is 0 Å². The SMILES string of the molecule is Cc1cn2nc(Cl)cc2c(C)n1. The fourth-order valence-electron chi connectivity index (χ4n) is 1.26. The summed E-state index contributed by atoms with van der Waals surface area (Å²) in [4.78, 5) is 4.30. The molecule has 0 saturated heterocycles. The summed E-state index contributed by atoms with van der Waals surface area (Å²) in [6, 6.07) is 1.81. The van der Waals surface area contributed by atoms with E-state index in [2.05, 4.69) is 10.1 Å². The zero-order valence-electron chi connectivity index (χ0n) is 6.87. The van der Waals surface area contributed by atoms with E-state index < -0.39 is 0 Å². The first-order valence-corrected chi connectivity index (χ1v) is 4.04. The van der Waals surface area contributed by atoms with Crippen molar-refractivity contribution in [1.82, 2.24) is 14.6 Å². The highest BCUT2D eigenvalue weighted by atomic mass is 35.5. The molecule has 2 rings (SSSR count). The molecular formula is C8H8ClN3. The monoisotopic (exact) mass is 181 g/mol. The summed E-state index contributed by atoms with van der Waals surface area (Å²) >= 11 is 5.75. The van der Waals surface area contributed by atoms with Gasteiger partial charge in [-0.1, -0.05) is 11.6 Å². The molecule has 2 aromatic heterocycles. The summed E-state index contributed by atoms with van der Waals surface area (Å²) in [7, 11) is 0. The van der Waals surface area contributed by atoms with E-state index in [9.17, 15) is 0 Å². The first-order valence-electron chi connectivity index (χ1n) is 3.66. The predicted molar refractivity (Wildman–Crippen MR) is 47.5 cm³/mol. The normalized spacial score (nSPS) is 10.9. The van der Waals surface area contributed by atoms with Crippen molar-refractivity contribution in [2.75, 3.05) is 0 Å². The van der Waals surface area contributed by atoms with Gasteiger partial charge in [-0.25, -0.2) is 4.52 Å². The number of fused-ring (bicyclic) bond motifs is 1. The Morgan fingerprint density at radius 3 is 2.92 bits per heavy atom. The molecule has 2 heterocycles. The van der Waals surface area contributed by atoms with Crippen molar-refractivity contribution < 1.29 is 0 Å². The summed E-state index contributed by atoms with van der Waals surface area (Å²) in [5.41, 5.74) is 2.86. The average Bonchev–Trinajstić information content (AvgIpc) is 2.29. The first kappa shape index (κ1) is 7.55. The maximum Gasteiger partial charge on any atom is 0.152 e. The molecule has 12 heavy (non-hydrogen) atoms. The smallest absolute Gasteiger partial charge is 0.152 e. The van der Waals surface area contributed by atoms with Gasteiger partial charge in [0.15, 0.2) is 5.15 Å². The summed E-state index contributed by atoms with van der Waals surface area (Å²) in [5.74, 6) is 0. The molecule has 62 valence electrons. The minimum atomic E-state index is 0.505. The minimum Gasteiger partial charge on any atom is -0.255 e. The molecule has 0 aliphatic carbocycles. The van der Waals surface area contributed by atoms with E-state index in [-0.39, 0.29) is 0 Å². The average molecular weight is 182 g/mol. The van der Waals surface area contributed by atoms with Crippen LogP contribution in [0.3, 0.4) is 0 Å². The van der Waals surface area contributed by atoms with Crippen LogP contribution in [-0.2, 0) is 0 Å². The molecule has 2 aromatic rings. The number of aromatic nitrogens is 3. The molecule has 0 atom stereocenters.